The van der Waals surface area contributed by atoms with Gasteiger partial charge in [-0.15, -0.1) is 0 Å². The van der Waals surface area contributed by atoms with Crippen LogP contribution in [0.4, 0.5) is 13.2 Å². The summed E-state index contributed by atoms with van der Waals surface area (Å²) in [4.78, 5) is 41.5. The van der Waals surface area contributed by atoms with Crippen molar-refractivity contribution in [3.63, 3.8) is 0 Å². The molecule has 3 rings (SSSR count). The zero-order valence-corrected chi connectivity index (χ0v) is 14.9. The van der Waals surface area contributed by atoms with E-state index >= 15 is 0 Å². The second-order valence-electron chi connectivity index (χ2n) is 6.61. The summed E-state index contributed by atoms with van der Waals surface area (Å²) in [6.45, 7) is 1.35. The van der Waals surface area contributed by atoms with E-state index in [2.05, 4.69) is 4.98 Å². The molecule has 1 aliphatic rings. The third kappa shape index (κ3) is 3.81. The minimum atomic E-state index is -4.60. The highest BCUT2D eigenvalue weighted by Gasteiger charge is 2.50. The summed E-state index contributed by atoms with van der Waals surface area (Å²) in [6.07, 6.45) is -3.19. The van der Waals surface area contributed by atoms with Crippen LogP contribution in [0.5, 0.6) is 0 Å². The summed E-state index contributed by atoms with van der Waals surface area (Å²) in [5, 5.41) is 0. The van der Waals surface area contributed by atoms with Crippen molar-refractivity contribution < 1.29 is 27.6 Å². The number of carbonyl (C=O) groups is 3. The number of hydrogen-bond acceptors (Lipinski definition) is 4. The number of nitrogens with zero attached hydrogens (tertiary/aromatic N) is 2. The lowest BCUT2D eigenvalue weighted by atomic mass is 9.90. The summed E-state index contributed by atoms with van der Waals surface area (Å²) in [5.41, 5.74) is 0.0703. The first-order valence-electron chi connectivity index (χ1n) is 8.62. The molecule has 2 atom stereocenters. The SMILES string of the molecule is CC(=O)C1C(=O)C(=O)N(CCc2ccccc2)C1c1ccc(C(F)(F)F)nc1. The van der Waals surface area contributed by atoms with E-state index in [0.717, 1.165) is 23.9 Å². The molecule has 0 N–H and O–H groups in total. The number of hydrogen-bond donors (Lipinski definition) is 0. The molecule has 1 amide bonds. The number of ketones is 2. The van der Waals surface area contributed by atoms with Gasteiger partial charge in [-0.25, -0.2) is 0 Å². The van der Waals surface area contributed by atoms with Crippen molar-refractivity contribution in [2.45, 2.75) is 25.6 Å². The number of Topliss-reactive ketones (excluding diaryl/α,β-unsaturated/α-hetero) is 2. The number of carbonyl (C=O) groups excluding carboxylic acids is 3. The number of aromatic nitrogens is 1. The minimum absolute atomic E-state index is 0.157. The van der Waals surface area contributed by atoms with E-state index in [1.165, 1.54) is 11.8 Å². The number of rotatable bonds is 5. The molecule has 0 saturated carbocycles. The van der Waals surface area contributed by atoms with Crippen molar-refractivity contribution in [1.29, 1.82) is 0 Å². The Morgan fingerprint density at radius 3 is 2.32 bits per heavy atom. The van der Waals surface area contributed by atoms with Crippen molar-refractivity contribution in [3.05, 3.63) is 65.5 Å². The molecular formula is C20H17F3N2O3. The van der Waals surface area contributed by atoms with Crippen molar-refractivity contribution in [3.8, 4) is 0 Å². The maximum absolute atomic E-state index is 12.8. The fraction of sp³-hybridized carbons (Fsp3) is 0.300. The fourth-order valence-electron chi connectivity index (χ4n) is 3.39. The van der Waals surface area contributed by atoms with Crippen LogP contribution in [0.2, 0.25) is 0 Å². The average molecular weight is 390 g/mol. The number of pyridine rings is 1. The second-order valence-corrected chi connectivity index (χ2v) is 6.61. The van der Waals surface area contributed by atoms with Gasteiger partial charge < -0.3 is 4.90 Å². The van der Waals surface area contributed by atoms with Crippen molar-refractivity contribution in [2.24, 2.45) is 5.92 Å². The molecule has 1 aliphatic heterocycles. The summed E-state index contributed by atoms with van der Waals surface area (Å²) in [5.74, 6) is -3.40. The Bertz CT molecular complexity index is 895. The molecular weight excluding hydrogens is 373 g/mol. The van der Waals surface area contributed by atoms with E-state index in [-0.39, 0.29) is 12.1 Å². The molecule has 146 valence electrons. The molecule has 28 heavy (non-hydrogen) atoms. The molecule has 1 saturated heterocycles. The van der Waals surface area contributed by atoms with Gasteiger partial charge in [-0.3, -0.25) is 19.4 Å². The predicted molar refractivity (Wildman–Crippen MR) is 93.0 cm³/mol. The molecule has 5 nitrogen and oxygen atoms in total. The number of amides is 1. The quantitative estimate of drug-likeness (QED) is 0.582. The Morgan fingerprint density at radius 1 is 1.11 bits per heavy atom. The number of likely N-dealkylation sites (tertiary alicyclic amines) is 1. The number of alkyl halides is 3. The van der Waals surface area contributed by atoms with Crippen LogP contribution >= 0.6 is 0 Å². The van der Waals surface area contributed by atoms with Crippen molar-refractivity contribution in [1.82, 2.24) is 9.88 Å². The Morgan fingerprint density at radius 2 is 1.79 bits per heavy atom. The highest BCUT2D eigenvalue weighted by atomic mass is 19.4. The van der Waals surface area contributed by atoms with Crippen molar-refractivity contribution >= 4 is 17.5 Å². The third-order valence-corrected chi connectivity index (χ3v) is 4.75. The van der Waals surface area contributed by atoms with E-state index in [1.807, 2.05) is 30.3 Å². The molecule has 2 aromatic rings. The van der Waals surface area contributed by atoms with Gasteiger partial charge in [-0.05, 0) is 30.5 Å². The van der Waals surface area contributed by atoms with Gasteiger partial charge in [0.1, 0.15) is 17.4 Å². The Kier molecular flexibility index (Phi) is 5.31. The van der Waals surface area contributed by atoms with E-state index in [4.69, 9.17) is 0 Å². The first kappa shape index (κ1) is 19.7. The zero-order valence-electron chi connectivity index (χ0n) is 14.9. The first-order valence-corrected chi connectivity index (χ1v) is 8.62. The molecule has 0 aliphatic carbocycles. The smallest absolute Gasteiger partial charge is 0.327 e. The summed E-state index contributed by atoms with van der Waals surface area (Å²) in [7, 11) is 0. The van der Waals surface area contributed by atoms with E-state index < -0.39 is 41.3 Å². The molecule has 1 fully saturated rings. The molecule has 2 unspecified atom stereocenters. The lowest BCUT2D eigenvalue weighted by Gasteiger charge is -2.26. The minimum Gasteiger partial charge on any atom is -0.327 e. The standard InChI is InChI=1S/C20H17F3N2O3/c1-12(26)16-17(14-7-8-15(24-11-14)20(21,22)23)25(19(28)18(16)27)10-9-13-5-3-2-4-6-13/h2-8,11,16-17H,9-10H2,1H3. The number of halogens is 3. The highest BCUT2D eigenvalue weighted by molar-refractivity contribution is 6.42. The van der Waals surface area contributed by atoms with Crippen LogP contribution in [0.3, 0.4) is 0 Å². The predicted octanol–water partition coefficient (Wildman–Crippen LogP) is 3.00. The van der Waals surface area contributed by atoms with Crippen LogP contribution in [-0.2, 0) is 27.0 Å². The van der Waals surface area contributed by atoms with Crippen LogP contribution in [0, 0.1) is 5.92 Å². The van der Waals surface area contributed by atoms with E-state index in [1.54, 1.807) is 0 Å². The van der Waals surface area contributed by atoms with Crippen LogP contribution in [-0.4, -0.2) is 33.9 Å². The fourth-order valence-corrected chi connectivity index (χ4v) is 3.39. The van der Waals surface area contributed by atoms with Gasteiger partial charge in [0.2, 0.25) is 5.78 Å². The van der Waals surface area contributed by atoms with Gasteiger partial charge in [-0.2, -0.15) is 13.2 Å². The molecule has 1 aromatic carbocycles. The summed E-state index contributed by atoms with van der Waals surface area (Å²) in [6, 6.07) is 10.2. The van der Waals surface area contributed by atoms with Gasteiger partial charge in [0, 0.05) is 12.7 Å². The first-order chi connectivity index (χ1) is 13.2. The summed E-state index contributed by atoms with van der Waals surface area (Å²) < 4.78 is 38.3. The summed E-state index contributed by atoms with van der Waals surface area (Å²) >= 11 is 0. The van der Waals surface area contributed by atoms with Gasteiger partial charge in [0.15, 0.2) is 0 Å². The topological polar surface area (TPSA) is 67.3 Å². The van der Waals surface area contributed by atoms with Crippen LogP contribution < -0.4 is 0 Å². The molecule has 2 heterocycles. The van der Waals surface area contributed by atoms with Crippen molar-refractivity contribution in [2.75, 3.05) is 6.54 Å². The molecule has 0 bridgehead atoms. The maximum Gasteiger partial charge on any atom is 0.433 e. The number of benzene rings is 1. The Hall–Kier alpha value is -3.03. The third-order valence-electron chi connectivity index (χ3n) is 4.75. The molecule has 0 radical (unpaired) electrons. The van der Waals surface area contributed by atoms with Gasteiger partial charge in [0.05, 0.1) is 6.04 Å². The van der Waals surface area contributed by atoms with Gasteiger partial charge in [0.25, 0.3) is 5.91 Å². The van der Waals surface area contributed by atoms with E-state index in [0.29, 0.717) is 6.42 Å². The van der Waals surface area contributed by atoms with Gasteiger partial charge in [-0.1, -0.05) is 36.4 Å². The lowest BCUT2D eigenvalue weighted by Crippen LogP contribution is -2.32. The monoisotopic (exact) mass is 390 g/mol. The van der Waals surface area contributed by atoms with Gasteiger partial charge >= 0.3 is 6.18 Å². The zero-order chi connectivity index (χ0) is 20.5. The highest BCUT2D eigenvalue weighted by Crippen LogP contribution is 2.37. The maximum atomic E-state index is 12.8. The lowest BCUT2D eigenvalue weighted by molar-refractivity contribution is -0.142. The van der Waals surface area contributed by atoms with Crippen LogP contribution in [0.1, 0.15) is 29.8 Å². The average Bonchev–Trinajstić information content (AvgIpc) is 2.91. The Labute approximate surface area is 159 Å². The second kappa shape index (κ2) is 7.53. The Balaban J connectivity index is 1.93. The normalized spacial score (nSPS) is 19.9. The molecule has 1 aromatic heterocycles. The van der Waals surface area contributed by atoms with Crippen LogP contribution in [0.25, 0.3) is 0 Å². The molecule has 0 spiro atoms. The molecule has 8 heteroatoms. The van der Waals surface area contributed by atoms with E-state index in [9.17, 15) is 27.6 Å². The largest absolute Gasteiger partial charge is 0.433 e. The van der Waals surface area contributed by atoms with Crippen LogP contribution in [0.15, 0.2) is 48.7 Å².